The number of hydrogen-bond acceptors (Lipinski definition) is 6. The van der Waals surface area contributed by atoms with Gasteiger partial charge in [-0.15, -0.1) is 0 Å². The summed E-state index contributed by atoms with van der Waals surface area (Å²) in [5, 5.41) is 13.4. The maximum Gasteiger partial charge on any atom is 0.307 e. The van der Waals surface area contributed by atoms with Crippen molar-refractivity contribution in [2.24, 2.45) is 0 Å². The highest BCUT2D eigenvalue weighted by Gasteiger charge is 2.22. The summed E-state index contributed by atoms with van der Waals surface area (Å²) in [6, 6.07) is 13.3. The molecule has 2 aromatic rings. The van der Waals surface area contributed by atoms with E-state index >= 15 is 0 Å². The van der Waals surface area contributed by atoms with E-state index < -0.39 is 22.9 Å². The van der Waals surface area contributed by atoms with Gasteiger partial charge in [0, 0.05) is 12.1 Å². The van der Waals surface area contributed by atoms with Gasteiger partial charge in [-0.05, 0) is 24.5 Å². The number of amides is 1. The second-order valence-corrected chi connectivity index (χ2v) is 6.28. The van der Waals surface area contributed by atoms with Crippen molar-refractivity contribution in [1.82, 2.24) is 0 Å². The molecule has 148 valence electrons. The van der Waals surface area contributed by atoms with Gasteiger partial charge in [-0.2, -0.15) is 0 Å². The van der Waals surface area contributed by atoms with Gasteiger partial charge in [-0.1, -0.05) is 37.3 Å². The second-order valence-electron chi connectivity index (χ2n) is 6.28. The molecular formula is C20H22N2O6. The number of carbonyl (C=O) groups excluding carboxylic acids is 2. The molecule has 2 rings (SSSR count). The number of methoxy groups -OCH3 is 1. The Morgan fingerprint density at radius 3 is 2.43 bits per heavy atom. The minimum absolute atomic E-state index is 0.0548. The summed E-state index contributed by atoms with van der Waals surface area (Å²) in [4.78, 5) is 34.8. The monoisotopic (exact) mass is 386 g/mol. The summed E-state index contributed by atoms with van der Waals surface area (Å²) in [6.07, 6.45) is -0.943. The number of nitrogens with zero attached hydrogens (tertiary/aromatic N) is 1. The van der Waals surface area contributed by atoms with Crippen LogP contribution in [0.25, 0.3) is 0 Å². The lowest BCUT2D eigenvalue weighted by Crippen LogP contribution is -2.30. The summed E-state index contributed by atoms with van der Waals surface area (Å²) < 4.78 is 10.3. The molecule has 0 aliphatic heterocycles. The van der Waals surface area contributed by atoms with Gasteiger partial charge >= 0.3 is 5.97 Å². The SMILES string of the molecule is COc1ccc([N+](=O)[O-])cc1NC(=O)[C@H](C)OC(=O)C[C@H](C)c1ccccc1. The number of anilines is 1. The summed E-state index contributed by atoms with van der Waals surface area (Å²) in [7, 11) is 1.38. The van der Waals surface area contributed by atoms with Crippen molar-refractivity contribution in [3.05, 3.63) is 64.2 Å². The molecule has 0 fully saturated rings. The normalized spacial score (nSPS) is 12.5. The number of carbonyl (C=O) groups is 2. The molecule has 0 saturated heterocycles. The third-order valence-corrected chi connectivity index (χ3v) is 4.17. The van der Waals surface area contributed by atoms with Crippen molar-refractivity contribution in [2.45, 2.75) is 32.3 Å². The Morgan fingerprint density at radius 2 is 1.82 bits per heavy atom. The van der Waals surface area contributed by atoms with Crippen molar-refractivity contribution in [2.75, 3.05) is 12.4 Å². The number of benzene rings is 2. The zero-order valence-electron chi connectivity index (χ0n) is 15.9. The Bertz CT molecular complexity index is 853. The number of nitro benzene ring substituents is 1. The zero-order chi connectivity index (χ0) is 20.7. The smallest absolute Gasteiger partial charge is 0.307 e. The van der Waals surface area contributed by atoms with Crippen LogP contribution in [0.2, 0.25) is 0 Å². The highest BCUT2D eigenvalue weighted by atomic mass is 16.6. The van der Waals surface area contributed by atoms with Gasteiger partial charge in [0.25, 0.3) is 11.6 Å². The second kappa shape index (κ2) is 9.50. The highest BCUT2D eigenvalue weighted by Crippen LogP contribution is 2.29. The predicted molar refractivity (Wildman–Crippen MR) is 103 cm³/mol. The topological polar surface area (TPSA) is 108 Å². The van der Waals surface area contributed by atoms with Gasteiger partial charge in [-0.25, -0.2) is 0 Å². The Kier molecular flexibility index (Phi) is 7.08. The fraction of sp³-hybridized carbons (Fsp3) is 0.300. The van der Waals surface area contributed by atoms with E-state index in [0.29, 0.717) is 0 Å². The van der Waals surface area contributed by atoms with Crippen molar-refractivity contribution >= 4 is 23.3 Å². The minimum atomic E-state index is -1.07. The fourth-order valence-corrected chi connectivity index (χ4v) is 2.59. The Balaban J connectivity index is 1.98. The maximum absolute atomic E-state index is 12.3. The van der Waals surface area contributed by atoms with Crippen molar-refractivity contribution in [1.29, 1.82) is 0 Å². The molecule has 2 atom stereocenters. The molecule has 0 aliphatic rings. The highest BCUT2D eigenvalue weighted by molar-refractivity contribution is 5.96. The van der Waals surface area contributed by atoms with E-state index in [1.54, 1.807) is 0 Å². The van der Waals surface area contributed by atoms with E-state index in [9.17, 15) is 19.7 Å². The van der Waals surface area contributed by atoms with Crippen LogP contribution in [0.1, 0.15) is 31.7 Å². The molecule has 0 bridgehead atoms. The van der Waals surface area contributed by atoms with Crippen LogP contribution in [0.3, 0.4) is 0 Å². The fourth-order valence-electron chi connectivity index (χ4n) is 2.59. The third-order valence-electron chi connectivity index (χ3n) is 4.17. The van der Waals surface area contributed by atoms with Gasteiger partial charge in [-0.3, -0.25) is 19.7 Å². The molecule has 0 aliphatic carbocycles. The van der Waals surface area contributed by atoms with Crippen molar-refractivity contribution in [3.63, 3.8) is 0 Å². The molecule has 8 heteroatoms. The van der Waals surface area contributed by atoms with Crippen LogP contribution in [0.4, 0.5) is 11.4 Å². The molecule has 0 spiro atoms. The number of hydrogen-bond donors (Lipinski definition) is 1. The quantitative estimate of drug-likeness (QED) is 0.421. The molecule has 0 unspecified atom stereocenters. The summed E-state index contributed by atoms with van der Waals surface area (Å²) in [5.74, 6) is -0.916. The summed E-state index contributed by atoms with van der Waals surface area (Å²) >= 11 is 0. The molecular weight excluding hydrogens is 364 g/mol. The summed E-state index contributed by atoms with van der Waals surface area (Å²) in [6.45, 7) is 3.33. The number of ether oxygens (including phenoxy) is 2. The van der Waals surface area contributed by atoms with Crippen LogP contribution in [-0.4, -0.2) is 30.0 Å². The van der Waals surface area contributed by atoms with E-state index in [4.69, 9.17) is 9.47 Å². The average Bonchev–Trinajstić information content (AvgIpc) is 2.68. The van der Waals surface area contributed by atoms with Crippen LogP contribution in [0.5, 0.6) is 5.75 Å². The van der Waals surface area contributed by atoms with Crippen molar-refractivity contribution in [3.8, 4) is 5.75 Å². The molecule has 0 radical (unpaired) electrons. The van der Waals surface area contributed by atoms with E-state index in [1.807, 2.05) is 37.3 Å². The van der Waals surface area contributed by atoms with Crippen LogP contribution >= 0.6 is 0 Å². The van der Waals surface area contributed by atoms with Gasteiger partial charge in [0.2, 0.25) is 0 Å². The van der Waals surface area contributed by atoms with E-state index in [0.717, 1.165) is 5.56 Å². The van der Waals surface area contributed by atoms with E-state index in [-0.39, 0.29) is 29.5 Å². The van der Waals surface area contributed by atoms with Gasteiger partial charge in [0.15, 0.2) is 6.10 Å². The molecule has 0 aromatic heterocycles. The molecule has 0 heterocycles. The molecule has 28 heavy (non-hydrogen) atoms. The molecule has 8 nitrogen and oxygen atoms in total. The first kappa shape index (κ1) is 20.9. The van der Waals surface area contributed by atoms with Crippen LogP contribution in [0, 0.1) is 10.1 Å². The number of esters is 1. The van der Waals surface area contributed by atoms with Gasteiger partial charge in [0.1, 0.15) is 5.75 Å². The average molecular weight is 386 g/mol. The van der Waals surface area contributed by atoms with E-state index in [1.165, 1.54) is 32.2 Å². The van der Waals surface area contributed by atoms with Crippen molar-refractivity contribution < 1.29 is 24.0 Å². The molecule has 2 aromatic carbocycles. The summed E-state index contributed by atoms with van der Waals surface area (Å²) in [5.41, 5.74) is 0.928. The Hall–Kier alpha value is -3.42. The lowest BCUT2D eigenvalue weighted by atomic mass is 9.98. The lowest BCUT2D eigenvalue weighted by molar-refractivity contribution is -0.384. The number of nitro groups is 1. The van der Waals surface area contributed by atoms with Gasteiger partial charge < -0.3 is 14.8 Å². The lowest BCUT2D eigenvalue weighted by Gasteiger charge is -2.16. The third kappa shape index (κ3) is 5.54. The van der Waals surface area contributed by atoms with Crippen LogP contribution in [-0.2, 0) is 14.3 Å². The number of nitrogens with one attached hydrogen (secondary N) is 1. The Morgan fingerprint density at radius 1 is 1.14 bits per heavy atom. The first-order valence-corrected chi connectivity index (χ1v) is 8.69. The van der Waals surface area contributed by atoms with Crippen LogP contribution < -0.4 is 10.1 Å². The van der Waals surface area contributed by atoms with Crippen LogP contribution in [0.15, 0.2) is 48.5 Å². The molecule has 0 saturated carbocycles. The zero-order valence-corrected chi connectivity index (χ0v) is 15.9. The van der Waals surface area contributed by atoms with E-state index in [2.05, 4.69) is 5.32 Å². The molecule has 1 N–H and O–H groups in total. The minimum Gasteiger partial charge on any atom is -0.495 e. The number of rotatable bonds is 8. The molecule has 1 amide bonds. The first-order chi connectivity index (χ1) is 13.3. The maximum atomic E-state index is 12.3. The number of non-ortho nitro benzene ring substituents is 1. The Labute approximate surface area is 162 Å². The predicted octanol–water partition coefficient (Wildman–Crippen LogP) is 3.67. The standard InChI is InChI=1S/C20H22N2O6/c1-13(15-7-5-4-6-8-15)11-19(23)28-14(2)20(24)21-17-12-16(22(25)26)9-10-18(17)27-3/h4-10,12-14H,11H2,1-3H3,(H,21,24)/t13-,14-/m0/s1. The first-order valence-electron chi connectivity index (χ1n) is 8.69. The van der Waals surface area contributed by atoms with Gasteiger partial charge in [0.05, 0.1) is 24.1 Å². The largest absolute Gasteiger partial charge is 0.495 e.